The largest absolute Gasteiger partial charge is 0.416 e. The van der Waals surface area contributed by atoms with Crippen LogP contribution in [0.1, 0.15) is 48.3 Å². The van der Waals surface area contributed by atoms with Crippen molar-refractivity contribution >= 4 is 5.91 Å². The number of nitrogens with zero attached hydrogens (tertiary/aromatic N) is 2. The van der Waals surface area contributed by atoms with Gasteiger partial charge >= 0.3 is 6.18 Å². The molecule has 0 radical (unpaired) electrons. The molecule has 0 spiro atoms. The van der Waals surface area contributed by atoms with E-state index in [1.165, 1.54) is 6.07 Å². The number of rotatable bonds is 7. The third-order valence-electron chi connectivity index (χ3n) is 4.42. The van der Waals surface area contributed by atoms with Crippen LogP contribution in [0, 0.1) is 19.8 Å². The smallest absolute Gasteiger partial charge is 0.352 e. The summed E-state index contributed by atoms with van der Waals surface area (Å²) in [5, 5.41) is 7.23. The molecule has 148 valence electrons. The Hall–Kier alpha value is -2.31. The van der Waals surface area contributed by atoms with Gasteiger partial charge in [-0.3, -0.25) is 9.48 Å². The van der Waals surface area contributed by atoms with Crippen molar-refractivity contribution in [1.82, 2.24) is 15.1 Å². The van der Waals surface area contributed by atoms with Gasteiger partial charge in [0, 0.05) is 25.2 Å². The minimum atomic E-state index is -4.38. The van der Waals surface area contributed by atoms with Crippen LogP contribution in [0.25, 0.3) is 0 Å². The van der Waals surface area contributed by atoms with Gasteiger partial charge in [-0.05, 0) is 49.4 Å². The standard InChI is InChI=1S/C20H26F3N3O/c1-13(2)12-26-15(4)18(14(3)25-26)8-9-19(27)24-11-16-6-5-7-17(10-16)20(21,22)23/h5-7,10,13H,8-9,11-12H2,1-4H3,(H,24,27). The van der Waals surface area contributed by atoms with Gasteiger partial charge in [0.1, 0.15) is 0 Å². The van der Waals surface area contributed by atoms with Gasteiger partial charge in [0.15, 0.2) is 0 Å². The van der Waals surface area contributed by atoms with Gasteiger partial charge < -0.3 is 5.32 Å². The summed E-state index contributed by atoms with van der Waals surface area (Å²) in [6, 6.07) is 5.00. The number of carbonyl (C=O) groups is 1. The van der Waals surface area contributed by atoms with Crippen LogP contribution in [-0.4, -0.2) is 15.7 Å². The number of hydrogen-bond donors (Lipinski definition) is 1. The lowest BCUT2D eigenvalue weighted by atomic mass is 10.1. The number of hydrogen-bond acceptors (Lipinski definition) is 2. The van der Waals surface area contributed by atoms with E-state index in [4.69, 9.17) is 0 Å². The molecule has 0 saturated carbocycles. The van der Waals surface area contributed by atoms with Gasteiger partial charge in [0.2, 0.25) is 5.91 Å². The Kier molecular flexibility index (Phi) is 6.68. The highest BCUT2D eigenvalue weighted by atomic mass is 19.4. The van der Waals surface area contributed by atoms with E-state index in [0.717, 1.165) is 35.6 Å². The molecule has 1 aromatic heterocycles. The fraction of sp³-hybridized carbons (Fsp3) is 0.500. The highest BCUT2D eigenvalue weighted by molar-refractivity contribution is 5.76. The summed E-state index contributed by atoms with van der Waals surface area (Å²) in [5.41, 5.74) is 2.75. The third kappa shape index (κ3) is 5.84. The molecule has 1 amide bonds. The van der Waals surface area contributed by atoms with Crippen LogP contribution in [0.3, 0.4) is 0 Å². The molecule has 4 nitrogen and oxygen atoms in total. The highest BCUT2D eigenvalue weighted by Crippen LogP contribution is 2.29. The molecular weight excluding hydrogens is 355 g/mol. The van der Waals surface area contributed by atoms with Crippen LogP contribution in [0.15, 0.2) is 24.3 Å². The number of benzene rings is 1. The van der Waals surface area contributed by atoms with E-state index in [9.17, 15) is 18.0 Å². The van der Waals surface area contributed by atoms with Crippen molar-refractivity contribution in [3.05, 3.63) is 52.3 Å². The molecule has 1 N–H and O–H groups in total. The zero-order valence-electron chi connectivity index (χ0n) is 16.2. The molecule has 0 aliphatic rings. The first-order valence-corrected chi connectivity index (χ1v) is 9.03. The molecule has 0 aliphatic carbocycles. The zero-order chi connectivity index (χ0) is 20.2. The van der Waals surface area contributed by atoms with E-state index < -0.39 is 11.7 Å². The van der Waals surface area contributed by atoms with Crippen molar-refractivity contribution in [3.8, 4) is 0 Å². The van der Waals surface area contributed by atoms with Crippen LogP contribution in [0.2, 0.25) is 0 Å². The predicted molar refractivity (Wildman–Crippen MR) is 98.2 cm³/mol. The summed E-state index contributed by atoms with van der Waals surface area (Å²) in [5.74, 6) is 0.287. The zero-order valence-corrected chi connectivity index (χ0v) is 16.2. The Bertz CT molecular complexity index is 794. The quantitative estimate of drug-likeness (QED) is 0.772. The topological polar surface area (TPSA) is 46.9 Å². The van der Waals surface area contributed by atoms with E-state index in [-0.39, 0.29) is 18.9 Å². The first kappa shape index (κ1) is 21.0. The lowest BCUT2D eigenvalue weighted by Gasteiger charge is -2.10. The number of halogens is 3. The molecule has 1 aromatic carbocycles. The number of carbonyl (C=O) groups excluding carboxylic acids is 1. The van der Waals surface area contributed by atoms with Crippen molar-refractivity contribution < 1.29 is 18.0 Å². The van der Waals surface area contributed by atoms with Crippen LogP contribution >= 0.6 is 0 Å². The number of aromatic nitrogens is 2. The summed E-state index contributed by atoms with van der Waals surface area (Å²) in [4.78, 5) is 12.1. The molecule has 0 atom stereocenters. The number of amides is 1. The van der Waals surface area contributed by atoms with Crippen molar-refractivity contribution in [2.24, 2.45) is 5.92 Å². The average Bonchev–Trinajstić information content (AvgIpc) is 2.83. The third-order valence-corrected chi connectivity index (χ3v) is 4.42. The first-order valence-electron chi connectivity index (χ1n) is 9.03. The van der Waals surface area contributed by atoms with E-state index in [1.807, 2.05) is 18.5 Å². The van der Waals surface area contributed by atoms with Crippen molar-refractivity contribution in [3.63, 3.8) is 0 Å². The van der Waals surface area contributed by atoms with Gasteiger partial charge in [-0.15, -0.1) is 0 Å². The van der Waals surface area contributed by atoms with E-state index in [2.05, 4.69) is 24.3 Å². The summed E-state index contributed by atoms with van der Waals surface area (Å²) >= 11 is 0. The van der Waals surface area contributed by atoms with Gasteiger partial charge in [-0.1, -0.05) is 26.0 Å². The first-order chi connectivity index (χ1) is 12.6. The second-order valence-electron chi connectivity index (χ2n) is 7.20. The molecule has 2 rings (SSSR count). The molecular formula is C20H26F3N3O. The monoisotopic (exact) mass is 381 g/mol. The highest BCUT2D eigenvalue weighted by Gasteiger charge is 2.30. The maximum Gasteiger partial charge on any atom is 0.416 e. The molecule has 7 heteroatoms. The van der Waals surface area contributed by atoms with Crippen LogP contribution in [0.5, 0.6) is 0 Å². The van der Waals surface area contributed by atoms with Crippen LogP contribution in [0.4, 0.5) is 13.2 Å². The number of aryl methyl sites for hydroxylation is 1. The van der Waals surface area contributed by atoms with Gasteiger partial charge in [-0.2, -0.15) is 18.3 Å². The second kappa shape index (κ2) is 8.59. The summed E-state index contributed by atoms with van der Waals surface area (Å²) in [6.07, 6.45) is -3.55. The summed E-state index contributed by atoms with van der Waals surface area (Å²) < 4.78 is 40.2. The number of alkyl halides is 3. The van der Waals surface area contributed by atoms with Crippen LogP contribution < -0.4 is 5.32 Å². The summed E-state index contributed by atoms with van der Waals surface area (Å²) in [6.45, 7) is 9.08. The molecule has 1 heterocycles. The minimum absolute atomic E-state index is 0.0767. The van der Waals surface area contributed by atoms with Crippen molar-refractivity contribution in [2.45, 2.75) is 59.8 Å². The molecule has 0 bridgehead atoms. The average molecular weight is 381 g/mol. The summed E-state index contributed by atoms with van der Waals surface area (Å²) in [7, 11) is 0. The molecule has 2 aromatic rings. The lowest BCUT2D eigenvalue weighted by Crippen LogP contribution is -2.23. The molecule has 0 unspecified atom stereocenters. The predicted octanol–water partition coefficient (Wildman–Crippen LogP) is 4.42. The fourth-order valence-electron chi connectivity index (χ4n) is 3.00. The van der Waals surface area contributed by atoms with Crippen LogP contribution in [-0.2, 0) is 30.5 Å². The molecule has 27 heavy (non-hydrogen) atoms. The van der Waals surface area contributed by atoms with Gasteiger partial charge in [0.25, 0.3) is 0 Å². The molecule has 0 fully saturated rings. The Morgan fingerprint density at radius 1 is 1.26 bits per heavy atom. The molecule has 0 saturated heterocycles. The Balaban J connectivity index is 1.91. The lowest BCUT2D eigenvalue weighted by molar-refractivity contribution is -0.137. The Morgan fingerprint density at radius 2 is 1.96 bits per heavy atom. The maximum absolute atomic E-state index is 12.7. The van der Waals surface area contributed by atoms with E-state index in [1.54, 1.807) is 6.07 Å². The normalized spacial score (nSPS) is 11.9. The van der Waals surface area contributed by atoms with Crippen molar-refractivity contribution in [2.75, 3.05) is 0 Å². The maximum atomic E-state index is 12.7. The fourth-order valence-corrected chi connectivity index (χ4v) is 3.00. The molecule has 0 aliphatic heterocycles. The Labute approximate surface area is 157 Å². The van der Waals surface area contributed by atoms with E-state index >= 15 is 0 Å². The van der Waals surface area contributed by atoms with Gasteiger partial charge in [-0.25, -0.2) is 0 Å². The number of nitrogens with one attached hydrogen (secondary N) is 1. The second-order valence-corrected chi connectivity index (χ2v) is 7.20. The Morgan fingerprint density at radius 3 is 2.59 bits per heavy atom. The van der Waals surface area contributed by atoms with E-state index in [0.29, 0.717) is 17.9 Å². The van der Waals surface area contributed by atoms with Gasteiger partial charge in [0.05, 0.1) is 11.3 Å². The van der Waals surface area contributed by atoms with Crippen molar-refractivity contribution in [1.29, 1.82) is 0 Å². The minimum Gasteiger partial charge on any atom is -0.352 e. The SMILES string of the molecule is Cc1nn(CC(C)C)c(C)c1CCC(=O)NCc1cccc(C(F)(F)F)c1.